The summed E-state index contributed by atoms with van der Waals surface area (Å²) in [4.78, 5) is 0. The fourth-order valence-electron chi connectivity index (χ4n) is 5.11. The molecule has 0 amide bonds. The molecule has 156 valence electrons. The first-order valence-electron chi connectivity index (χ1n) is 10.1. The zero-order chi connectivity index (χ0) is 20.6. The number of hydrogen-bond acceptors (Lipinski definition) is 5. The Morgan fingerprint density at radius 1 is 0.731 bits per heavy atom. The first kappa shape index (κ1) is 23.8. The molecule has 2 aliphatic heterocycles. The van der Waals surface area contributed by atoms with Crippen molar-refractivity contribution < 1.29 is 15.2 Å². The molecule has 0 spiro atoms. The van der Waals surface area contributed by atoms with Gasteiger partial charge in [-0.05, 0) is 87.0 Å². The molecule has 2 aliphatic rings. The first-order chi connectivity index (χ1) is 11.6. The molecule has 2 rings (SSSR count). The van der Waals surface area contributed by atoms with Crippen LogP contribution in [0.2, 0.25) is 0 Å². The van der Waals surface area contributed by atoms with Crippen molar-refractivity contribution in [3.63, 3.8) is 0 Å². The van der Waals surface area contributed by atoms with Crippen molar-refractivity contribution in [2.45, 2.75) is 123 Å². The number of hydroxylamine groups is 4. The first-order valence-corrected chi connectivity index (χ1v) is 10.1. The highest BCUT2D eigenvalue weighted by Gasteiger charge is 2.45. The van der Waals surface area contributed by atoms with Gasteiger partial charge in [0.15, 0.2) is 0 Å². The van der Waals surface area contributed by atoms with E-state index in [1.165, 1.54) is 11.5 Å². The van der Waals surface area contributed by atoms with E-state index in [0.717, 1.165) is 31.6 Å². The lowest BCUT2D eigenvalue weighted by Gasteiger charge is -2.51. The van der Waals surface area contributed by atoms with Gasteiger partial charge in [0.1, 0.15) is 0 Å². The van der Waals surface area contributed by atoms with Gasteiger partial charge in [0, 0.05) is 29.3 Å². The Morgan fingerprint density at radius 3 is 1.31 bits per heavy atom. The third-order valence-electron chi connectivity index (χ3n) is 6.24. The molecule has 0 aromatic rings. The van der Waals surface area contributed by atoms with E-state index in [1.54, 1.807) is 12.2 Å². The van der Waals surface area contributed by atoms with Crippen LogP contribution < -0.4 is 0 Å². The summed E-state index contributed by atoms with van der Waals surface area (Å²) >= 11 is 0. The van der Waals surface area contributed by atoms with Gasteiger partial charge in [-0.1, -0.05) is 13.3 Å². The number of hydrogen-bond donors (Lipinski definition) is 2. The monoisotopic (exact) mass is 372 g/mol. The van der Waals surface area contributed by atoms with Crippen LogP contribution in [0.4, 0.5) is 0 Å². The predicted octanol–water partition coefficient (Wildman–Crippen LogP) is 5.10. The minimum atomic E-state index is -0.192. The third kappa shape index (κ3) is 5.41. The van der Waals surface area contributed by atoms with Crippen molar-refractivity contribution in [1.82, 2.24) is 10.1 Å². The van der Waals surface area contributed by atoms with Crippen LogP contribution in [0.15, 0.2) is 0 Å². The SMILES string of the molecule is CCC1CC(C)(C)N(O)C(C)(C)C1.COC1CC(C)(C)N(O)C(C)(C)C1. The maximum atomic E-state index is 10.0. The maximum Gasteiger partial charge on any atom is 0.0608 e. The average molecular weight is 373 g/mol. The summed E-state index contributed by atoms with van der Waals surface area (Å²) in [5.41, 5.74) is -0.518. The highest BCUT2D eigenvalue weighted by atomic mass is 16.5. The molecule has 5 heteroatoms. The standard InChI is InChI=1S/C11H23NO.C10H21NO2/c1-6-9-7-10(2,3)12(13)11(4,5)8-9;1-9(2)6-8(13-5)7-10(3,4)11(9)12/h9,13H,6-8H2,1-5H3;8,12H,6-7H2,1-5H3. The maximum absolute atomic E-state index is 10.0. The van der Waals surface area contributed by atoms with Crippen LogP contribution in [-0.2, 0) is 4.74 Å². The van der Waals surface area contributed by atoms with Crippen LogP contribution >= 0.6 is 0 Å². The summed E-state index contributed by atoms with van der Waals surface area (Å²) in [5.74, 6) is 0.758. The minimum Gasteiger partial charge on any atom is -0.381 e. The molecule has 0 bridgehead atoms. The van der Waals surface area contributed by atoms with Gasteiger partial charge in [0.25, 0.3) is 0 Å². The Balaban J connectivity index is 0.000000260. The molecule has 0 aromatic heterocycles. The molecule has 0 saturated carbocycles. The molecule has 2 fully saturated rings. The van der Waals surface area contributed by atoms with E-state index in [0.29, 0.717) is 0 Å². The Bertz CT molecular complexity index is 382. The number of rotatable bonds is 2. The molecule has 0 aliphatic carbocycles. The molecule has 0 aromatic carbocycles. The molecule has 2 N–H and O–H groups in total. The van der Waals surface area contributed by atoms with Crippen LogP contribution in [0.1, 0.15) is 94.4 Å². The number of methoxy groups -OCH3 is 1. The summed E-state index contributed by atoms with van der Waals surface area (Å²) in [7, 11) is 1.74. The molecular formula is C21H44N2O3. The lowest BCUT2D eigenvalue weighted by Crippen LogP contribution is -2.60. The predicted molar refractivity (Wildman–Crippen MR) is 107 cm³/mol. The van der Waals surface area contributed by atoms with E-state index < -0.39 is 0 Å². The molecule has 0 radical (unpaired) electrons. The fourth-order valence-corrected chi connectivity index (χ4v) is 5.11. The average Bonchev–Trinajstić information content (AvgIpc) is 2.49. The van der Waals surface area contributed by atoms with Crippen molar-refractivity contribution in [3.05, 3.63) is 0 Å². The zero-order valence-electron chi connectivity index (χ0n) is 18.9. The van der Waals surface area contributed by atoms with Crippen molar-refractivity contribution in [1.29, 1.82) is 0 Å². The molecule has 2 saturated heterocycles. The Labute approximate surface area is 161 Å². The van der Waals surface area contributed by atoms with Gasteiger partial charge in [-0.2, -0.15) is 10.1 Å². The normalized spacial score (nSPS) is 29.1. The van der Waals surface area contributed by atoms with Gasteiger partial charge in [0.2, 0.25) is 0 Å². The van der Waals surface area contributed by atoms with E-state index >= 15 is 0 Å². The van der Waals surface area contributed by atoms with Crippen molar-refractivity contribution in [2.24, 2.45) is 5.92 Å². The fraction of sp³-hybridized carbons (Fsp3) is 1.00. The van der Waals surface area contributed by atoms with Crippen LogP contribution in [0.5, 0.6) is 0 Å². The Hall–Kier alpha value is -0.200. The van der Waals surface area contributed by atoms with Gasteiger partial charge < -0.3 is 15.2 Å². The van der Waals surface area contributed by atoms with Crippen molar-refractivity contribution in [3.8, 4) is 0 Å². The van der Waals surface area contributed by atoms with Crippen LogP contribution in [0.25, 0.3) is 0 Å². The zero-order valence-corrected chi connectivity index (χ0v) is 18.9. The second kappa shape index (κ2) is 8.04. The van der Waals surface area contributed by atoms with Gasteiger partial charge >= 0.3 is 0 Å². The second-order valence-corrected chi connectivity index (χ2v) is 10.8. The number of ether oxygens (including phenoxy) is 1. The summed E-state index contributed by atoms with van der Waals surface area (Å²) in [6.07, 6.45) is 5.44. The minimum absolute atomic E-state index is 0.0670. The van der Waals surface area contributed by atoms with Gasteiger partial charge in [-0.25, -0.2) is 0 Å². The van der Waals surface area contributed by atoms with Crippen LogP contribution in [0, 0.1) is 5.92 Å². The molecule has 0 unspecified atom stereocenters. The second-order valence-electron chi connectivity index (χ2n) is 10.8. The van der Waals surface area contributed by atoms with E-state index in [4.69, 9.17) is 4.74 Å². The highest BCUT2D eigenvalue weighted by molar-refractivity contribution is 4.97. The molecule has 5 nitrogen and oxygen atoms in total. The largest absolute Gasteiger partial charge is 0.381 e. The van der Waals surface area contributed by atoms with Gasteiger partial charge in [0.05, 0.1) is 6.10 Å². The lowest BCUT2D eigenvalue weighted by atomic mass is 9.74. The lowest BCUT2D eigenvalue weighted by molar-refractivity contribution is -0.259. The topological polar surface area (TPSA) is 56.2 Å². The summed E-state index contributed by atoms with van der Waals surface area (Å²) in [5, 5.41) is 23.0. The van der Waals surface area contributed by atoms with E-state index in [2.05, 4.69) is 34.6 Å². The molecular weight excluding hydrogens is 328 g/mol. The number of piperidine rings is 2. The quantitative estimate of drug-likeness (QED) is 0.706. The smallest absolute Gasteiger partial charge is 0.0608 e. The number of nitrogens with zero attached hydrogens (tertiary/aromatic N) is 2. The van der Waals surface area contributed by atoms with Gasteiger partial charge in [-0.3, -0.25) is 0 Å². The Morgan fingerprint density at radius 2 is 1.04 bits per heavy atom. The van der Waals surface area contributed by atoms with Crippen LogP contribution in [0.3, 0.4) is 0 Å². The molecule has 26 heavy (non-hydrogen) atoms. The van der Waals surface area contributed by atoms with E-state index in [9.17, 15) is 10.4 Å². The van der Waals surface area contributed by atoms with E-state index in [1.807, 2.05) is 27.7 Å². The summed E-state index contributed by atoms with van der Waals surface area (Å²) < 4.78 is 5.37. The van der Waals surface area contributed by atoms with Crippen molar-refractivity contribution >= 4 is 0 Å². The summed E-state index contributed by atoms with van der Waals surface area (Å²) in [6.45, 7) is 18.9. The van der Waals surface area contributed by atoms with E-state index in [-0.39, 0.29) is 28.3 Å². The highest BCUT2D eigenvalue weighted by Crippen LogP contribution is 2.41. The van der Waals surface area contributed by atoms with Gasteiger partial charge in [-0.15, -0.1) is 0 Å². The molecule has 2 heterocycles. The third-order valence-corrected chi connectivity index (χ3v) is 6.24. The summed E-state index contributed by atoms with van der Waals surface area (Å²) in [6, 6.07) is 0. The van der Waals surface area contributed by atoms with Crippen LogP contribution in [-0.4, -0.2) is 55.9 Å². The Kier molecular flexibility index (Phi) is 7.37. The van der Waals surface area contributed by atoms with Crippen molar-refractivity contribution in [2.75, 3.05) is 7.11 Å². The molecule has 0 atom stereocenters.